The Morgan fingerprint density at radius 3 is 2.22 bits per heavy atom. The molecule has 0 unspecified atom stereocenters. The Morgan fingerprint density at radius 1 is 0.973 bits per heavy atom. The third-order valence-electron chi connectivity index (χ3n) is 5.82. The van der Waals surface area contributed by atoms with Gasteiger partial charge in [-0.3, -0.25) is 13.9 Å². The zero-order chi connectivity index (χ0) is 27.6. The first-order valence-corrected chi connectivity index (χ1v) is 15.2. The molecule has 2 aromatic rings. The van der Waals surface area contributed by atoms with Crippen LogP contribution in [0.1, 0.15) is 51.5 Å². The minimum atomic E-state index is -3.58. The van der Waals surface area contributed by atoms with Gasteiger partial charge < -0.3 is 10.2 Å². The maximum absolute atomic E-state index is 13.4. The van der Waals surface area contributed by atoms with Crippen LogP contribution in [0, 0.1) is 0 Å². The molecule has 2 aromatic carbocycles. The molecule has 1 N–H and O–H groups in total. The van der Waals surface area contributed by atoms with Crippen LogP contribution < -0.4 is 9.62 Å². The molecule has 0 aliphatic rings. The van der Waals surface area contributed by atoms with E-state index in [0.717, 1.165) is 24.7 Å². The van der Waals surface area contributed by atoms with Crippen LogP contribution in [0.3, 0.4) is 0 Å². The van der Waals surface area contributed by atoms with Gasteiger partial charge in [-0.15, -0.1) is 0 Å². The highest BCUT2D eigenvalue weighted by Gasteiger charge is 2.29. The van der Waals surface area contributed by atoms with Crippen LogP contribution in [0.2, 0.25) is 15.1 Å². The van der Waals surface area contributed by atoms with E-state index in [1.165, 1.54) is 9.21 Å². The van der Waals surface area contributed by atoms with E-state index in [1.807, 2.05) is 13.8 Å². The molecule has 0 bridgehead atoms. The largest absolute Gasteiger partial charge is 0.354 e. The van der Waals surface area contributed by atoms with Crippen molar-refractivity contribution in [3.8, 4) is 0 Å². The molecule has 0 heterocycles. The molecule has 11 heteroatoms. The van der Waals surface area contributed by atoms with Gasteiger partial charge in [-0.1, -0.05) is 61.1 Å². The average Bonchev–Trinajstić information content (AvgIpc) is 2.84. The van der Waals surface area contributed by atoms with Gasteiger partial charge in [0.2, 0.25) is 21.8 Å². The van der Waals surface area contributed by atoms with Gasteiger partial charge in [-0.2, -0.15) is 0 Å². The molecule has 0 radical (unpaired) electrons. The van der Waals surface area contributed by atoms with Gasteiger partial charge in [0.25, 0.3) is 0 Å². The van der Waals surface area contributed by atoms with Gasteiger partial charge >= 0.3 is 0 Å². The second-order valence-corrected chi connectivity index (χ2v) is 11.9. The summed E-state index contributed by atoms with van der Waals surface area (Å²) in [5.41, 5.74) is 1.20. The van der Waals surface area contributed by atoms with Crippen molar-refractivity contribution in [2.24, 2.45) is 0 Å². The van der Waals surface area contributed by atoms with E-state index in [2.05, 4.69) is 5.32 Å². The summed E-state index contributed by atoms with van der Waals surface area (Å²) in [7, 11) is -3.58. The number of rotatable bonds is 14. The number of carbonyl (C=O) groups excluding carboxylic acids is 2. The number of unbranched alkanes of at least 4 members (excludes halogenated alkanes) is 1. The summed E-state index contributed by atoms with van der Waals surface area (Å²) in [6, 6.07) is 10.9. The Balaban J connectivity index is 2.21. The first-order chi connectivity index (χ1) is 17.5. The van der Waals surface area contributed by atoms with Crippen molar-refractivity contribution in [3.05, 3.63) is 63.1 Å². The van der Waals surface area contributed by atoms with Crippen LogP contribution in [0.4, 0.5) is 5.69 Å². The highest BCUT2D eigenvalue weighted by atomic mass is 35.5. The number of halogens is 3. The maximum atomic E-state index is 13.4. The second kappa shape index (κ2) is 14.8. The summed E-state index contributed by atoms with van der Waals surface area (Å²) >= 11 is 18.2. The summed E-state index contributed by atoms with van der Waals surface area (Å²) in [6.45, 7) is 4.69. The van der Waals surface area contributed by atoms with Crippen LogP contribution in [-0.2, 0) is 26.2 Å². The van der Waals surface area contributed by atoms with Crippen molar-refractivity contribution in [1.82, 2.24) is 10.2 Å². The normalized spacial score (nSPS) is 12.2. The standard InChI is InChI=1S/C26H34Cl3N3O4S/c1-4-6-15-30-26(34)24(5-2)31(18-19-9-14-22(28)23(29)17-19)25(33)8-7-16-32(37(3,35)36)21-12-10-20(27)11-13-21/h9-14,17,24H,4-8,15-16,18H2,1-3H3,(H,30,34)/t24-/m1/s1. The van der Waals surface area contributed by atoms with Crippen molar-refractivity contribution in [3.63, 3.8) is 0 Å². The number of nitrogens with zero attached hydrogens (tertiary/aromatic N) is 2. The Kier molecular flexibility index (Phi) is 12.5. The number of hydrogen-bond acceptors (Lipinski definition) is 4. The maximum Gasteiger partial charge on any atom is 0.242 e. The van der Waals surface area contributed by atoms with E-state index < -0.39 is 16.1 Å². The smallest absolute Gasteiger partial charge is 0.242 e. The summed E-state index contributed by atoms with van der Waals surface area (Å²) < 4.78 is 26.1. The molecule has 0 saturated heterocycles. The first kappa shape index (κ1) is 31.2. The molecule has 2 rings (SSSR count). The van der Waals surface area contributed by atoms with Crippen LogP contribution in [0.15, 0.2) is 42.5 Å². The van der Waals surface area contributed by atoms with E-state index >= 15 is 0 Å². The van der Waals surface area contributed by atoms with Gasteiger partial charge in [0.05, 0.1) is 22.0 Å². The summed E-state index contributed by atoms with van der Waals surface area (Å²) in [4.78, 5) is 28.0. The molecular weight excluding hydrogens is 557 g/mol. The Bertz CT molecular complexity index is 1160. The summed E-state index contributed by atoms with van der Waals surface area (Å²) in [5, 5.41) is 4.17. The number of sulfonamides is 1. The van der Waals surface area contributed by atoms with E-state index in [0.29, 0.717) is 33.7 Å². The van der Waals surface area contributed by atoms with Crippen LogP contribution in [0.5, 0.6) is 0 Å². The molecule has 37 heavy (non-hydrogen) atoms. The highest BCUT2D eigenvalue weighted by Crippen LogP contribution is 2.25. The van der Waals surface area contributed by atoms with Gasteiger partial charge in [-0.25, -0.2) is 8.42 Å². The van der Waals surface area contributed by atoms with Crippen LogP contribution >= 0.6 is 34.8 Å². The zero-order valence-corrected chi connectivity index (χ0v) is 24.4. The van der Waals surface area contributed by atoms with Gasteiger partial charge in [0, 0.05) is 31.1 Å². The van der Waals surface area contributed by atoms with E-state index in [1.54, 1.807) is 42.5 Å². The predicted octanol–water partition coefficient (Wildman–Crippen LogP) is 5.92. The lowest BCUT2D eigenvalue weighted by Crippen LogP contribution is -2.49. The first-order valence-electron chi connectivity index (χ1n) is 12.2. The Labute approximate surface area is 235 Å². The Morgan fingerprint density at radius 2 is 1.65 bits per heavy atom. The fraction of sp³-hybridized carbons (Fsp3) is 0.462. The average molecular weight is 591 g/mol. The lowest BCUT2D eigenvalue weighted by molar-refractivity contribution is -0.141. The summed E-state index contributed by atoms with van der Waals surface area (Å²) in [5.74, 6) is -0.476. The third-order valence-corrected chi connectivity index (χ3v) is 8.00. The number of benzene rings is 2. The molecule has 0 spiro atoms. The number of carbonyl (C=O) groups is 2. The van der Waals surface area contributed by atoms with Gasteiger partial charge in [0.1, 0.15) is 6.04 Å². The molecule has 2 amide bonds. The molecule has 204 valence electrons. The lowest BCUT2D eigenvalue weighted by atomic mass is 10.1. The van der Waals surface area contributed by atoms with Crippen molar-refractivity contribution in [2.75, 3.05) is 23.7 Å². The third kappa shape index (κ3) is 9.67. The molecule has 1 atom stereocenters. The Hall–Kier alpha value is -2.00. The van der Waals surface area contributed by atoms with Crippen molar-refractivity contribution in [2.45, 2.75) is 58.5 Å². The number of hydrogen-bond donors (Lipinski definition) is 1. The van der Waals surface area contributed by atoms with Gasteiger partial charge in [0.15, 0.2) is 0 Å². The zero-order valence-electron chi connectivity index (χ0n) is 21.3. The molecule has 0 aliphatic carbocycles. The minimum absolute atomic E-state index is 0.0552. The van der Waals surface area contributed by atoms with Crippen molar-refractivity contribution in [1.29, 1.82) is 0 Å². The van der Waals surface area contributed by atoms with Crippen molar-refractivity contribution < 1.29 is 18.0 Å². The second-order valence-electron chi connectivity index (χ2n) is 8.75. The molecule has 0 aromatic heterocycles. The van der Waals surface area contributed by atoms with E-state index in [4.69, 9.17) is 34.8 Å². The quantitative estimate of drug-likeness (QED) is 0.277. The van der Waals surface area contributed by atoms with Crippen molar-refractivity contribution >= 4 is 62.3 Å². The SMILES string of the molecule is CCCCNC(=O)[C@@H](CC)N(Cc1ccc(Cl)c(Cl)c1)C(=O)CCCN(c1ccc(Cl)cc1)S(C)(=O)=O. The van der Waals surface area contributed by atoms with Crippen LogP contribution in [-0.4, -0.2) is 50.5 Å². The number of nitrogens with one attached hydrogen (secondary N) is 1. The fourth-order valence-corrected chi connectivity index (χ4v) is 5.28. The minimum Gasteiger partial charge on any atom is -0.354 e. The molecule has 0 aliphatic heterocycles. The molecule has 0 saturated carbocycles. The van der Waals surface area contributed by atoms with E-state index in [9.17, 15) is 18.0 Å². The van der Waals surface area contributed by atoms with Crippen LogP contribution in [0.25, 0.3) is 0 Å². The number of amides is 2. The molecular formula is C26H34Cl3N3O4S. The lowest BCUT2D eigenvalue weighted by Gasteiger charge is -2.31. The van der Waals surface area contributed by atoms with Gasteiger partial charge in [-0.05, 0) is 61.2 Å². The monoisotopic (exact) mass is 589 g/mol. The number of anilines is 1. The topological polar surface area (TPSA) is 86.8 Å². The molecule has 7 nitrogen and oxygen atoms in total. The summed E-state index contributed by atoms with van der Waals surface area (Å²) in [6.07, 6.45) is 3.64. The van der Waals surface area contributed by atoms with E-state index in [-0.39, 0.29) is 37.7 Å². The fourth-order valence-electron chi connectivity index (χ4n) is 3.87. The molecule has 0 fully saturated rings. The highest BCUT2D eigenvalue weighted by molar-refractivity contribution is 7.92. The predicted molar refractivity (Wildman–Crippen MR) is 152 cm³/mol.